The van der Waals surface area contributed by atoms with Gasteiger partial charge in [-0.05, 0) is 71.2 Å². The molecule has 0 bridgehead atoms. The van der Waals surface area contributed by atoms with Crippen molar-refractivity contribution in [2.24, 2.45) is 5.73 Å². The zero-order valence-electron chi connectivity index (χ0n) is 31.3. The van der Waals surface area contributed by atoms with Crippen LogP contribution >= 0.6 is 0 Å². The van der Waals surface area contributed by atoms with Crippen molar-refractivity contribution >= 4 is 29.8 Å². The van der Waals surface area contributed by atoms with E-state index in [4.69, 9.17) is 21.6 Å². The summed E-state index contributed by atoms with van der Waals surface area (Å²) in [6.07, 6.45) is 9.65. The van der Waals surface area contributed by atoms with Gasteiger partial charge < -0.3 is 30.7 Å². The third-order valence-electron chi connectivity index (χ3n) is 7.67. The van der Waals surface area contributed by atoms with Crippen molar-refractivity contribution in [3.05, 3.63) is 71.3 Å². The van der Waals surface area contributed by atoms with E-state index in [1.54, 1.807) is 65.8 Å². The molecule has 51 heavy (non-hydrogen) atoms. The minimum absolute atomic E-state index is 0.0982. The number of primary amides is 1. The largest absolute Gasteiger partial charge is 0.458 e. The van der Waals surface area contributed by atoms with Gasteiger partial charge in [-0.1, -0.05) is 87.4 Å². The molecule has 3 atom stereocenters. The van der Waals surface area contributed by atoms with Gasteiger partial charge in [0.25, 0.3) is 0 Å². The molecule has 278 valence electrons. The Labute approximate surface area is 303 Å². The first kappa shape index (κ1) is 42.3. The van der Waals surface area contributed by atoms with E-state index in [2.05, 4.69) is 23.5 Å². The van der Waals surface area contributed by atoms with Crippen LogP contribution in [0.2, 0.25) is 0 Å². The lowest BCUT2D eigenvalue weighted by Gasteiger charge is -2.35. The van der Waals surface area contributed by atoms with E-state index in [1.807, 2.05) is 30.3 Å². The quantitative estimate of drug-likeness (QED) is 0.102. The first-order chi connectivity index (χ1) is 23.9. The summed E-state index contributed by atoms with van der Waals surface area (Å²) in [5.74, 6) is -0.307. The van der Waals surface area contributed by atoms with Gasteiger partial charge in [0.1, 0.15) is 29.3 Å². The highest BCUT2D eigenvalue weighted by atomic mass is 16.6. The lowest BCUT2D eigenvalue weighted by molar-refractivity contribution is -0.159. The number of hydrogen-bond donors (Lipinski definition) is 3. The van der Waals surface area contributed by atoms with E-state index in [0.717, 1.165) is 37.7 Å². The number of terminal acetylenes is 1. The molecular weight excluding hydrogens is 648 g/mol. The van der Waals surface area contributed by atoms with Crippen LogP contribution in [0, 0.1) is 12.3 Å². The Morgan fingerprint density at radius 2 is 1.39 bits per heavy atom. The van der Waals surface area contributed by atoms with Crippen LogP contribution in [0.3, 0.4) is 0 Å². The van der Waals surface area contributed by atoms with Gasteiger partial charge in [-0.15, -0.1) is 6.42 Å². The first-order valence-electron chi connectivity index (χ1n) is 17.7. The normalized spacial score (nSPS) is 13.1. The lowest BCUT2D eigenvalue weighted by Crippen LogP contribution is -2.55. The number of ether oxygens (including phenoxy) is 2. The molecule has 0 saturated heterocycles. The lowest BCUT2D eigenvalue weighted by atomic mass is 9.98. The molecule has 4 N–H and O–H groups in total. The Hall–Kier alpha value is -4.85. The molecule has 11 nitrogen and oxygen atoms in total. The molecule has 0 aromatic heterocycles. The smallest absolute Gasteiger partial charge is 0.408 e. The van der Waals surface area contributed by atoms with Crippen molar-refractivity contribution in [3.63, 3.8) is 0 Å². The second-order valence-electron chi connectivity index (χ2n) is 14.6. The van der Waals surface area contributed by atoms with Gasteiger partial charge >= 0.3 is 12.1 Å². The van der Waals surface area contributed by atoms with E-state index < -0.39 is 65.5 Å². The summed E-state index contributed by atoms with van der Waals surface area (Å²) in [6.45, 7) is 12.4. The summed E-state index contributed by atoms with van der Waals surface area (Å²) in [6, 6.07) is 11.9. The Balaban J connectivity index is 2.66. The summed E-state index contributed by atoms with van der Waals surface area (Å²) >= 11 is 0. The maximum absolute atomic E-state index is 14.6. The fourth-order valence-electron chi connectivity index (χ4n) is 5.38. The van der Waals surface area contributed by atoms with Crippen molar-refractivity contribution in [2.75, 3.05) is 6.54 Å². The second kappa shape index (κ2) is 20.1. The Kier molecular flexibility index (Phi) is 16.7. The Bertz CT molecular complexity index is 1490. The summed E-state index contributed by atoms with van der Waals surface area (Å²) in [7, 11) is 0. The first-order valence-corrected chi connectivity index (χ1v) is 17.7. The zero-order chi connectivity index (χ0) is 38.2. The van der Waals surface area contributed by atoms with Crippen molar-refractivity contribution in [1.29, 1.82) is 0 Å². The maximum Gasteiger partial charge on any atom is 0.408 e. The van der Waals surface area contributed by atoms with Gasteiger partial charge in [0.2, 0.25) is 17.7 Å². The number of rotatable bonds is 18. The Morgan fingerprint density at radius 1 is 0.804 bits per heavy atom. The van der Waals surface area contributed by atoms with E-state index in [9.17, 15) is 24.0 Å². The van der Waals surface area contributed by atoms with Gasteiger partial charge in [0.15, 0.2) is 0 Å². The number of nitrogens with two attached hydrogens (primary N) is 1. The van der Waals surface area contributed by atoms with Crippen molar-refractivity contribution in [3.8, 4) is 12.3 Å². The number of unbranched alkanes of at least 4 members (excludes halogenated alkanes) is 5. The number of esters is 1. The monoisotopic (exact) mass is 704 g/mol. The van der Waals surface area contributed by atoms with Gasteiger partial charge in [-0.3, -0.25) is 14.4 Å². The van der Waals surface area contributed by atoms with Gasteiger partial charge in [-0.2, -0.15) is 0 Å². The van der Waals surface area contributed by atoms with Crippen molar-refractivity contribution in [1.82, 2.24) is 15.5 Å². The third kappa shape index (κ3) is 15.7. The van der Waals surface area contributed by atoms with Crippen LogP contribution in [-0.2, 0) is 35.1 Å². The van der Waals surface area contributed by atoms with E-state index >= 15 is 0 Å². The summed E-state index contributed by atoms with van der Waals surface area (Å²) < 4.78 is 11.1. The average Bonchev–Trinajstić information content (AvgIpc) is 3.03. The van der Waals surface area contributed by atoms with Crippen LogP contribution in [0.1, 0.15) is 116 Å². The molecule has 0 fully saturated rings. The predicted octanol–water partition coefficient (Wildman–Crippen LogP) is 5.74. The van der Waals surface area contributed by atoms with Crippen molar-refractivity contribution in [2.45, 2.75) is 129 Å². The third-order valence-corrected chi connectivity index (χ3v) is 7.67. The Morgan fingerprint density at radius 3 is 1.94 bits per heavy atom. The molecule has 2 aromatic rings. The number of nitrogens with one attached hydrogen (secondary N) is 2. The highest BCUT2D eigenvalue weighted by molar-refractivity contribution is 5.95. The molecule has 0 aliphatic rings. The van der Waals surface area contributed by atoms with Crippen LogP contribution in [0.5, 0.6) is 0 Å². The standard InChI is InChI=1S/C40H56N4O7/c1-9-11-12-13-14-18-25-44(36(47)31(27-33(41)45)43-38(49)51-40(6,7)8)34(30-23-21-28(10-2)22-24-30)35(46)42-32(37(48)50-39(3,4)5)26-29-19-16-15-17-20-29/h2,15-17,19-24,31-32,34H,9,11-14,18,25-27H2,1,3-8H3,(H2,41,45)(H,42,46)(H,43,49). The minimum atomic E-state index is -1.44. The SMILES string of the molecule is C#Cc1ccc(C(C(=O)NC(Cc2ccccc2)C(=O)OC(C)(C)C)N(CCCCCCCC)C(=O)C(CC(N)=O)NC(=O)OC(C)(C)C)cc1. The second-order valence-corrected chi connectivity index (χ2v) is 14.6. The molecule has 2 rings (SSSR count). The maximum atomic E-state index is 14.6. The average molecular weight is 705 g/mol. The molecular formula is C40H56N4O7. The number of alkyl carbamates (subject to hydrolysis) is 1. The number of nitrogens with zero attached hydrogens (tertiary/aromatic N) is 1. The number of amides is 4. The molecule has 0 heterocycles. The number of carbonyl (C=O) groups is 5. The highest BCUT2D eigenvalue weighted by Crippen LogP contribution is 2.26. The fraction of sp³-hybridized carbons (Fsp3) is 0.525. The molecule has 11 heteroatoms. The molecule has 3 unspecified atom stereocenters. The topological polar surface area (TPSA) is 157 Å². The van der Waals surface area contributed by atoms with E-state index in [1.165, 1.54) is 4.90 Å². The number of carbonyl (C=O) groups excluding carboxylic acids is 5. The molecule has 0 aliphatic carbocycles. The predicted molar refractivity (Wildman–Crippen MR) is 197 cm³/mol. The van der Waals surface area contributed by atoms with Gasteiger partial charge in [-0.25, -0.2) is 9.59 Å². The highest BCUT2D eigenvalue weighted by Gasteiger charge is 2.38. The molecule has 0 saturated carbocycles. The summed E-state index contributed by atoms with van der Waals surface area (Å²) in [5, 5.41) is 5.37. The van der Waals surface area contributed by atoms with Crippen LogP contribution < -0.4 is 16.4 Å². The zero-order valence-corrected chi connectivity index (χ0v) is 31.3. The van der Waals surface area contributed by atoms with Crippen molar-refractivity contribution < 1.29 is 33.4 Å². The van der Waals surface area contributed by atoms with Crippen LogP contribution in [0.25, 0.3) is 0 Å². The van der Waals surface area contributed by atoms with E-state index in [0.29, 0.717) is 17.5 Å². The molecule has 4 amide bonds. The molecule has 0 spiro atoms. The molecule has 0 aliphatic heterocycles. The van der Waals surface area contributed by atoms with E-state index in [-0.39, 0.29) is 13.0 Å². The van der Waals surface area contributed by atoms with Crippen LogP contribution in [-0.4, -0.2) is 64.5 Å². The fourth-order valence-corrected chi connectivity index (χ4v) is 5.38. The minimum Gasteiger partial charge on any atom is -0.458 e. The van der Waals surface area contributed by atoms with Gasteiger partial charge in [0.05, 0.1) is 6.42 Å². The summed E-state index contributed by atoms with van der Waals surface area (Å²) in [5.41, 5.74) is 5.57. The number of hydrogen-bond acceptors (Lipinski definition) is 7. The van der Waals surface area contributed by atoms with Gasteiger partial charge in [0, 0.05) is 18.5 Å². The number of benzene rings is 2. The molecule has 2 aromatic carbocycles. The van der Waals surface area contributed by atoms with Crippen LogP contribution in [0.4, 0.5) is 4.79 Å². The molecule has 0 radical (unpaired) electrons. The summed E-state index contributed by atoms with van der Waals surface area (Å²) in [4.78, 5) is 69.1. The van der Waals surface area contributed by atoms with Crippen LogP contribution in [0.15, 0.2) is 54.6 Å².